The Kier molecular flexibility index (Phi) is 2.76. The van der Waals surface area contributed by atoms with E-state index in [9.17, 15) is 19.3 Å². The first kappa shape index (κ1) is 11.7. The fourth-order valence-corrected chi connectivity index (χ4v) is 1.42. The van der Waals surface area contributed by atoms with Crippen LogP contribution in [0.3, 0.4) is 0 Å². The molecule has 0 fully saturated rings. The van der Waals surface area contributed by atoms with E-state index in [0.717, 1.165) is 29.2 Å². The van der Waals surface area contributed by atoms with Gasteiger partial charge in [0.15, 0.2) is 0 Å². The van der Waals surface area contributed by atoms with E-state index < -0.39 is 16.7 Å². The Bertz CT molecular complexity index is 638. The van der Waals surface area contributed by atoms with Crippen molar-refractivity contribution >= 4 is 11.7 Å². The van der Waals surface area contributed by atoms with Crippen molar-refractivity contribution < 1.29 is 19.2 Å². The van der Waals surface area contributed by atoms with Crippen molar-refractivity contribution in [2.45, 2.75) is 0 Å². The van der Waals surface area contributed by atoms with Gasteiger partial charge in [-0.25, -0.2) is 13.9 Å². The summed E-state index contributed by atoms with van der Waals surface area (Å²) < 4.78 is 14.0. The molecular formula is C10H6FN3O4. The fourth-order valence-electron chi connectivity index (χ4n) is 1.42. The second-order valence-electron chi connectivity index (χ2n) is 3.37. The highest BCUT2D eigenvalue weighted by atomic mass is 19.1. The van der Waals surface area contributed by atoms with Gasteiger partial charge in [0.05, 0.1) is 16.2 Å². The van der Waals surface area contributed by atoms with Crippen LogP contribution in [0.25, 0.3) is 5.69 Å². The molecule has 0 atom stereocenters. The lowest BCUT2D eigenvalue weighted by molar-refractivity contribution is -0.384. The summed E-state index contributed by atoms with van der Waals surface area (Å²) in [7, 11) is 0. The summed E-state index contributed by atoms with van der Waals surface area (Å²) in [6, 6.07) is 3.07. The molecule has 1 aromatic heterocycles. The number of nitro groups is 1. The second kappa shape index (κ2) is 4.24. The van der Waals surface area contributed by atoms with Crippen molar-refractivity contribution in [3.8, 4) is 5.69 Å². The summed E-state index contributed by atoms with van der Waals surface area (Å²) in [6.07, 6.45) is 2.04. The van der Waals surface area contributed by atoms with Crippen LogP contribution in [0.5, 0.6) is 0 Å². The molecule has 18 heavy (non-hydrogen) atoms. The Morgan fingerprint density at radius 2 is 2.22 bits per heavy atom. The SMILES string of the molecule is O=C(O)c1cc(F)ccc1-n1cc([N+](=O)[O-])cn1. The zero-order chi connectivity index (χ0) is 13.3. The summed E-state index contributed by atoms with van der Waals surface area (Å²) in [4.78, 5) is 20.8. The molecule has 0 aliphatic rings. The molecule has 7 nitrogen and oxygen atoms in total. The zero-order valence-electron chi connectivity index (χ0n) is 8.78. The van der Waals surface area contributed by atoms with Gasteiger partial charge in [-0.2, -0.15) is 5.10 Å². The van der Waals surface area contributed by atoms with Gasteiger partial charge in [-0.3, -0.25) is 10.1 Å². The third kappa shape index (κ3) is 2.03. The molecule has 2 aromatic rings. The van der Waals surface area contributed by atoms with Crippen LogP contribution in [0.15, 0.2) is 30.6 Å². The van der Waals surface area contributed by atoms with Crippen LogP contribution in [-0.4, -0.2) is 25.8 Å². The van der Waals surface area contributed by atoms with Crippen LogP contribution in [0.1, 0.15) is 10.4 Å². The summed E-state index contributed by atoms with van der Waals surface area (Å²) in [5, 5.41) is 23.1. The molecule has 0 bridgehead atoms. The quantitative estimate of drug-likeness (QED) is 0.660. The Hall–Kier alpha value is -2.77. The van der Waals surface area contributed by atoms with Gasteiger partial charge in [0.2, 0.25) is 0 Å². The van der Waals surface area contributed by atoms with E-state index in [1.165, 1.54) is 6.07 Å². The summed E-state index contributed by atoms with van der Waals surface area (Å²) in [6.45, 7) is 0. The maximum Gasteiger partial charge on any atom is 0.338 e. The summed E-state index contributed by atoms with van der Waals surface area (Å²) >= 11 is 0. The lowest BCUT2D eigenvalue weighted by Crippen LogP contribution is -2.06. The van der Waals surface area contributed by atoms with Crippen molar-refractivity contribution in [2.24, 2.45) is 0 Å². The first-order chi connectivity index (χ1) is 8.49. The lowest BCUT2D eigenvalue weighted by Gasteiger charge is -2.05. The van der Waals surface area contributed by atoms with Crippen LogP contribution >= 0.6 is 0 Å². The highest BCUT2D eigenvalue weighted by molar-refractivity contribution is 5.91. The Morgan fingerprint density at radius 1 is 1.50 bits per heavy atom. The number of hydrogen-bond donors (Lipinski definition) is 1. The summed E-state index contributed by atoms with van der Waals surface area (Å²) in [5.41, 5.74) is -0.555. The topological polar surface area (TPSA) is 98.3 Å². The molecule has 0 unspecified atom stereocenters. The van der Waals surface area contributed by atoms with E-state index in [1.807, 2.05) is 0 Å². The average Bonchev–Trinajstić information content (AvgIpc) is 2.78. The van der Waals surface area contributed by atoms with E-state index >= 15 is 0 Å². The number of rotatable bonds is 3. The van der Waals surface area contributed by atoms with Gasteiger partial charge < -0.3 is 5.11 Å². The maximum absolute atomic E-state index is 13.0. The molecule has 0 saturated carbocycles. The van der Waals surface area contributed by atoms with Gasteiger partial charge in [-0.1, -0.05) is 0 Å². The third-order valence-corrected chi connectivity index (χ3v) is 2.22. The molecule has 1 N–H and O–H groups in total. The molecule has 0 amide bonds. The van der Waals surface area contributed by atoms with Crippen LogP contribution < -0.4 is 0 Å². The molecular weight excluding hydrogens is 245 g/mol. The minimum atomic E-state index is -1.34. The monoisotopic (exact) mass is 251 g/mol. The third-order valence-electron chi connectivity index (χ3n) is 2.22. The minimum absolute atomic E-state index is 0.0528. The number of benzene rings is 1. The van der Waals surface area contributed by atoms with E-state index in [-0.39, 0.29) is 16.9 Å². The highest BCUT2D eigenvalue weighted by Gasteiger charge is 2.16. The molecule has 8 heteroatoms. The zero-order valence-corrected chi connectivity index (χ0v) is 8.78. The molecule has 1 heterocycles. The van der Waals surface area contributed by atoms with Gasteiger partial charge in [-0.05, 0) is 18.2 Å². The van der Waals surface area contributed by atoms with Crippen molar-refractivity contribution in [1.29, 1.82) is 0 Å². The molecule has 0 spiro atoms. The number of aromatic nitrogens is 2. The number of carbonyl (C=O) groups is 1. The van der Waals surface area contributed by atoms with E-state index in [0.29, 0.717) is 0 Å². The van der Waals surface area contributed by atoms with Crippen molar-refractivity contribution in [1.82, 2.24) is 9.78 Å². The number of carboxylic acid groups (broad SMARTS) is 1. The predicted octanol–water partition coefficient (Wildman–Crippen LogP) is 1.62. The van der Waals surface area contributed by atoms with E-state index in [1.54, 1.807) is 0 Å². The van der Waals surface area contributed by atoms with Crippen molar-refractivity contribution in [2.75, 3.05) is 0 Å². The second-order valence-corrected chi connectivity index (χ2v) is 3.37. The fraction of sp³-hybridized carbons (Fsp3) is 0. The van der Waals surface area contributed by atoms with Crippen LogP contribution in [0.2, 0.25) is 0 Å². The Labute approximate surface area is 99.2 Å². The van der Waals surface area contributed by atoms with E-state index in [4.69, 9.17) is 5.11 Å². The number of aromatic carboxylic acids is 1. The predicted molar refractivity (Wildman–Crippen MR) is 57.1 cm³/mol. The molecule has 0 saturated heterocycles. The average molecular weight is 251 g/mol. The Morgan fingerprint density at radius 3 is 2.78 bits per heavy atom. The molecule has 0 aliphatic carbocycles. The highest BCUT2D eigenvalue weighted by Crippen LogP contribution is 2.18. The summed E-state index contributed by atoms with van der Waals surface area (Å²) in [5.74, 6) is -2.06. The van der Waals surface area contributed by atoms with Gasteiger partial charge in [-0.15, -0.1) is 0 Å². The van der Waals surface area contributed by atoms with Crippen LogP contribution in [0, 0.1) is 15.9 Å². The molecule has 92 valence electrons. The van der Waals surface area contributed by atoms with Gasteiger partial charge >= 0.3 is 11.7 Å². The smallest absolute Gasteiger partial charge is 0.338 e. The normalized spacial score (nSPS) is 10.3. The van der Waals surface area contributed by atoms with E-state index in [2.05, 4.69) is 5.10 Å². The molecule has 0 radical (unpaired) electrons. The molecule has 0 aliphatic heterocycles. The number of nitrogens with zero attached hydrogens (tertiary/aromatic N) is 3. The number of halogens is 1. The number of hydrogen-bond acceptors (Lipinski definition) is 4. The lowest BCUT2D eigenvalue weighted by atomic mass is 10.2. The van der Waals surface area contributed by atoms with Gasteiger partial charge in [0.25, 0.3) is 0 Å². The Balaban J connectivity index is 2.55. The van der Waals surface area contributed by atoms with Crippen molar-refractivity contribution in [3.63, 3.8) is 0 Å². The molecule has 2 rings (SSSR count). The maximum atomic E-state index is 13.0. The molecule has 1 aromatic carbocycles. The first-order valence-corrected chi connectivity index (χ1v) is 4.71. The minimum Gasteiger partial charge on any atom is -0.478 e. The standard InChI is InChI=1S/C10H6FN3O4/c11-6-1-2-9(8(3-6)10(15)16)13-5-7(4-12-13)14(17)18/h1-5H,(H,15,16). The van der Waals surface area contributed by atoms with Gasteiger partial charge in [0.1, 0.15) is 18.2 Å². The van der Waals surface area contributed by atoms with Gasteiger partial charge in [0, 0.05) is 0 Å². The van der Waals surface area contributed by atoms with Crippen molar-refractivity contribution in [3.05, 3.63) is 52.1 Å². The largest absolute Gasteiger partial charge is 0.478 e. The number of carboxylic acids is 1. The first-order valence-electron chi connectivity index (χ1n) is 4.71. The van der Waals surface area contributed by atoms with Crippen LogP contribution in [0.4, 0.5) is 10.1 Å². The van der Waals surface area contributed by atoms with Crippen LogP contribution in [-0.2, 0) is 0 Å².